The Balaban J connectivity index is 1.73. The van der Waals surface area contributed by atoms with Crippen LogP contribution in [0, 0.1) is 24.1 Å². The highest BCUT2D eigenvalue weighted by Gasteiger charge is 2.56. The van der Waals surface area contributed by atoms with Crippen LogP contribution >= 0.6 is 23.2 Å². The minimum atomic E-state index is -1.05. The normalized spacial score (nSPS) is 22.6. The van der Waals surface area contributed by atoms with Gasteiger partial charge in [0.05, 0.1) is 11.5 Å². The third-order valence-electron chi connectivity index (χ3n) is 4.00. The number of amides is 2. The Bertz CT molecular complexity index is 738. The lowest BCUT2D eigenvalue weighted by Crippen LogP contribution is -2.36. The van der Waals surface area contributed by atoms with E-state index < -0.39 is 27.5 Å². The summed E-state index contributed by atoms with van der Waals surface area (Å²) in [6, 6.07) is 3.74. The number of rotatable bonds is 4. The number of nitrogens with one attached hydrogen (secondary N) is 2. The average Bonchev–Trinajstić information content (AvgIpc) is 3.38. The molecular formula is C16H13Cl2FN2O2. The first kappa shape index (κ1) is 16.1. The van der Waals surface area contributed by atoms with E-state index >= 15 is 0 Å². The topological polar surface area (TPSA) is 58.2 Å². The molecule has 0 heterocycles. The number of anilines is 1. The lowest BCUT2D eigenvalue weighted by Gasteiger charge is -2.12. The molecule has 0 radical (unpaired) electrons. The van der Waals surface area contributed by atoms with Crippen LogP contribution < -0.4 is 10.6 Å². The summed E-state index contributed by atoms with van der Waals surface area (Å²) in [6.45, 7) is 0. The van der Waals surface area contributed by atoms with Crippen LogP contribution in [0.15, 0.2) is 18.2 Å². The molecule has 120 valence electrons. The second-order valence-electron chi connectivity index (χ2n) is 5.88. The fourth-order valence-electron chi connectivity index (χ4n) is 2.22. The van der Waals surface area contributed by atoms with Crippen LogP contribution in [0.3, 0.4) is 0 Å². The number of carbonyl (C=O) groups excluding carboxylic acids is 2. The minimum absolute atomic E-state index is 0.178. The Kier molecular flexibility index (Phi) is 3.78. The van der Waals surface area contributed by atoms with Gasteiger partial charge in [0.25, 0.3) is 5.91 Å². The van der Waals surface area contributed by atoms with Crippen LogP contribution in [-0.4, -0.2) is 21.7 Å². The van der Waals surface area contributed by atoms with Crippen molar-refractivity contribution in [1.82, 2.24) is 5.32 Å². The van der Waals surface area contributed by atoms with Gasteiger partial charge < -0.3 is 10.6 Å². The monoisotopic (exact) mass is 354 g/mol. The van der Waals surface area contributed by atoms with Crippen molar-refractivity contribution in [2.24, 2.45) is 5.92 Å². The predicted octanol–water partition coefficient (Wildman–Crippen LogP) is 2.85. The van der Waals surface area contributed by atoms with Gasteiger partial charge in [0.15, 0.2) is 0 Å². The molecule has 3 rings (SSSR count). The van der Waals surface area contributed by atoms with Gasteiger partial charge in [-0.05, 0) is 37.5 Å². The summed E-state index contributed by atoms with van der Waals surface area (Å²) in [5.41, 5.74) is -0.556. The molecule has 1 unspecified atom stereocenters. The van der Waals surface area contributed by atoms with Crippen LogP contribution in [0.25, 0.3) is 0 Å². The molecule has 2 saturated carbocycles. The first-order chi connectivity index (χ1) is 10.8. The lowest BCUT2D eigenvalue weighted by atomic mass is 10.1. The molecule has 0 aromatic heterocycles. The quantitative estimate of drug-likeness (QED) is 0.645. The molecule has 23 heavy (non-hydrogen) atoms. The predicted molar refractivity (Wildman–Crippen MR) is 85.8 cm³/mol. The number of halogens is 3. The summed E-state index contributed by atoms with van der Waals surface area (Å²) in [6.07, 6.45) is 7.05. The molecule has 1 aromatic carbocycles. The first-order valence-electron chi connectivity index (χ1n) is 7.05. The molecule has 2 aliphatic rings. The number of hydrogen-bond acceptors (Lipinski definition) is 2. The van der Waals surface area contributed by atoms with Crippen molar-refractivity contribution in [3.63, 3.8) is 0 Å². The van der Waals surface area contributed by atoms with Crippen LogP contribution in [0.2, 0.25) is 0 Å². The molecule has 0 bridgehead atoms. The van der Waals surface area contributed by atoms with Crippen LogP contribution in [0.5, 0.6) is 0 Å². The molecule has 0 aliphatic heterocycles. The summed E-state index contributed by atoms with van der Waals surface area (Å²) < 4.78 is 12.8. The second kappa shape index (κ2) is 5.40. The maximum atomic E-state index is 13.9. The zero-order valence-corrected chi connectivity index (χ0v) is 13.5. The maximum Gasteiger partial charge on any atom is 0.255 e. The second-order valence-corrected chi connectivity index (χ2v) is 7.42. The zero-order valence-electron chi connectivity index (χ0n) is 12.0. The molecule has 7 heteroatoms. The Morgan fingerprint density at radius 3 is 2.52 bits per heavy atom. The first-order valence-corrected chi connectivity index (χ1v) is 7.80. The largest absolute Gasteiger partial charge is 0.336 e. The van der Waals surface area contributed by atoms with Gasteiger partial charge in [-0.1, -0.05) is 5.92 Å². The highest BCUT2D eigenvalue weighted by molar-refractivity contribution is 6.52. The van der Waals surface area contributed by atoms with E-state index in [0.717, 1.165) is 6.07 Å². The SMILES string of the molecule is C#CC1(NC(=O)c2cc(NC(=O)C3CC3(Cl)Cl)ccc2F)CC1. The summed E-state index contributed by atoms with van der Waals surface area (Å²) in [4.78, 5) is 24.1. The van der Waals surface area contributed by atoms with Crippen molar-refractivity contribution in [2.75, 3.05) is 5.32 Å². The Morgan fingerprint density at radius 2 is 2.00 bits per heavy atom. The summed E-state index contributed by atoms with van der Waals surface area (Å²) in [5, 5.41) is 5.21. The molecule has 2 amide bonds. The molecule has 1 aromatic rings. The van der Waals surface area contributed by atoms with E-state index in [4.69, 9.17) is 29.6 Å². The number of benzene rings is 1. The highest BCUT2D eigenvalue weighted by Crippen LogP contribution is 2.53. The molecule has 1 atom stereocenters. The summed E-state index contributed by atoms with van der Waals surface area (Å²) >= 11 is 11.7. The maximum absolute atomic E-state index is 13.9. The molecule has 0 spiro atoms. The summed E-state index contributed by atoms with van der Waals surface area (Å²) in [5.74, 6) is 0.325. The number of terminal acetylenes is 1. The smallest absolute Gasteiger partial charge is 0.255 e. The van der Waals surface area contributed by atoms with Crippen molar-refractivity contribution < 1.29 is 14.0 Å². The van der Waals surface area contributed by atoms with E-state index in [0.29, 0.717) is 24.9 Å². The fourth-order valence-corrected chi connectivity index (χ4v) is 2.73. The van der Waals surface area contributed by atoms with Gasteiger partial charge in [0, 0.05) is 5.69 Å². The molecule has 0 saturated heterocycles. The van der Waals surface area contributed by atoms with Crippen LogP contribution in [-0.2, 0) is 4.79 Å². The number of carbonyl (C=O) groups is 2. The van der Waals surface area contributed by atoms with Crippen molar-refractivity contribution in [3.8, 4) is 12.3 Å². The van der Waals surface area contributed by atoms with Gasteiger partial charge in [-0.15, -0.1) is 29.6 Å². The van der Waals surface area contributed by atoms with E-state index in [1.807, 2.05) is 0 Å². The van der Waals surface area contributed by atoms with Crippen molar-refractivity contribution in [1.29, 1.82) is 0 Å². The van der Waals surface area contributed by atoms with Crippen molar-refractivity contribution >= 4 is 40.7 Å². The van der Waals surface area contributed by atoms with Gasteiger partial charge in [-0.2, -0.15) is 0 Å². The van der Waals surface area contributed by atoms with Gasteiger partial charge >= 0.3 is 0 Å². The van der Waals surface area contributed by atoms with Crippen LogP contribution in [0.4, 0.5) is 10.1 Å². The fraction of sp³-hybridized carbons (Fsp3) is 0.375. The van der Waals surface area contributed by atoms with Gasteiger partial charge in [-0.25, -0.2) is 4.39 Å². The molecular weight excluding hydrogens is 342 g/mol. The third-order valence-corrected chi connectivity index (χ3v) is 4.84. The van der Waals surface area contributed by atoms with E-state index in [1.165, 1.54) is 12.1 Å². The average molecular weight is 355 g/mol. The Morgan fingerprint density at radius 1 is 1.35 bits per heavy atom. The van der Waals surface area contributed by atoms with Gasteiger partial charge in [0.1, 0.15) is 15.7 Å². The van der Waals surface area contributed by atoms with Gasteiger partial charge in [-0.3, -0.25) is 9.59 Å². The zero-order chi connectivity index (χ0) is 16.8. The van der Waals surface area contributed by atoms with E-state index in [9.17, 15) is 14.0 Å². The standard InChI is InChI=1S/C16H13Cl2FN2O2/c1-2-15(5-6-15)21-13(22)10-7-9(3-4-12(10)19)20-14(23)11-8-16(11,17)18/h1,3-4,7,11H,5-6,8H2,(H,20,23)(H,21,22). The van der Waals surface area contributed by atoms with E-state index in [2.05, 4.69) is 16.6 Å². The highest BCUT2D eigenvalue weighted by atomic mass is 35.5. The Hall–Kier alpha value is -1.77. The molecule has 4 nitrogen and oxygen atoms in total. The number of hydrogen-bond donors (Lipinski definition) is 2. The van der Waals surface area contributed by atoms with E-state index in [-0.39, 0.29) is 11.5 Å². The Labute approximate surface area is 142 Å². The minimum Gasteiger partial charge on any atom is -0.336 e. The van der Waals surface area contributed by atoms with Gasteiger partial charge in [0.2, 0.25) is 5.91 Å². The molecule has 2 aliphatic carbocycles. The summed E-state index contributed by atoms with van der Waals surface area (Å²) in [7, 11) is 0. The molecule has 2 fully saturated rings. The number of alkyl halides is 2. The van der Waals surface area contributed by atoms with Crippen LogP contribution in [0.1, 0.15) is 29.6 Å². The van der Waals surface area contributed by atoms with Crippen molar-refractivity contribution in [2.45, 2.75) is 29.1 Å². The van der Waals surface area contributed by atoms with Crippen molar-refractivity contribution in [3.05, 3.63) is 29.6 Å². The lowest BCUT2D eigenvalue weighted by molar-refractivity contribution is -0.117. The third kappa shape index (κ3) is 3.29. The molecule has 2 N–H and O–H groups in total. The van der Waals surface area contributed by atoms with E-state index in [1.54, 1.807) is 0 Å².